The van der Waals surface area contributed by atoms with Gasteiger partial charge in [0.1, 0.15) is 6.07 Å². The van der Waals surface area contributed by atoms with E-state index in [9.17, 15) is 17.2 Å². The third kappa shape index (κ3) is 2.44. The van der Waals surface area contributed by atoms with Gasteiger partial charge in [-0.2, -0.15) is 5.26 Å². The molecular weight excluding hydrogens is 264 g/mol. The van der Waals surface area contributed by atoms with Crippen LogP contribution in [0.4, 0.5) is 8.78 Å². The topological polar surface area (TPSA) is 96.8 Å². The average molecular weight is 268 g/mol. The van der Waals surface area contributed by atoms with Gasteiger partial charge in [-0.15, -0.1) is 0 Å². The van der Waals surface area contributed by atoms with Crippen LogP contribution in [0.1, 0.15) is 17.7 Å². The van der Waals surface area contributed by atoms with Crippen LogP contribution in [0.3, 0.4) is 0 Å². The fourth-order valence-corrected chi connectivity index (χ4v) is 1.78. The van der Waals surface area contributed by atoms with E-state index in [1.807, 2.05) is 0 Å². The summed E-state index contributed by atoms with van der Waals surface area (Å²) in [5.74, 6) is 0. The van der Waals surface area contributed by atoms with Gasteiger partial charge >= 0.3 is 0 Å². The fourth-order valence-electron chi connectivity index (χ4n) is 0.941. The quantitative estimate of drug-likeness (QED) is 0.870. The van der Waals surface area contributed by atoms with Crippen molar-refractivity contribution >= 4 is 21.6 Å². The minimum atomic E-state index is -4.19. The van der Waals surface area contributed by atoms with Crippen molar-refractivity contribution in [3.63, 3.8) is 0 Å². The summed E-state index contributed by atoms with van der Waals surface area (Å²) in [5.41, 5.74) is -1.57. The third-order valence-corrected chi connectivity index (χ3v) is 2.71. The predicted octanol–water partition coefficient (Wildman–Crippen LogP) is 1.19. The lowest BCUT2D eigenvalue weighted by atomic mass is 10.2. The summed E-state index contributed by atoms with van der Waals surface area (Å²) in [6.07, 6.45) is -3.02. The minimum absolute atomic E-state index is 0.564. The van der Waals surface area contributed by atoms with E-state index in [-0.39, 0.29) is 0 Å². The highest BCUT2D eigenvalue weighted by atomic mass is 35.5. The Morgan fingerprint density at radius 1 is 1.56 bits per heavy atom. The summed E-state index contributed by atoms with van der Waals surface area (Å²) >= 11 is 5.42. The zero-order valence-electron chi connectivity index (χ0n) is 7.49. The molecule has 0 unspecified atom stereocenters. The lowest BCUT2D eigenvalue weighted by Gasteiger charge is -2.06. The van der Waals surface area contributed by atoms with E-state index in [0.29, 0.717) is 6.07 Å². The van der Waals surface area contributed by atoms with Crippen molar-refractivity contribution in [2.45, 2.75) is 11.5 Å². The lowest BCUT2D eigenvalue weighted by Crippen LogP contribution is -2.15. The summed E-state index contributed by atoms with van der Waals surface area (Å²) < 4.78 is 46.7. The van der Waals surface area contributed by atoms with Gasteiger partial charge in [-0.3, -0.25) is 0 Å². The van der Waals surface area contributed by atoms with Gasteiger partial charge < -0.3 is 0 Å². The highest BCUT2D eigenvalue weighted by Crippen LogP contribution is 2.30. The number of hydrogen-bond acceptors (Lipinski definition) is 4. The number of nitriles is 1. The van der Waals surface area contributed by atoms with Gasteiger partial charge in [0, 0.05) is 0 Å². The van der Waals surface area contributed by atoms with Crippen LogP contribution in [0.15, 0.2) is 11.1 Å². The fraction of sp³-hybridized carbons (Fsp3) is 0.143. The van der Waals surface area contributed by atoms with E-state index in [2.05, 4.69) is 4.98 Å². The average Bonchev–Trinajstić information content (AvgIpc) is 2.14. The Balaban J connectivity index is 3.59. The van der Waals surface area contributed by atoms with E-state index < -0.39 is 37.8 Å². The molecule has 0 atom stereocenters. The molecule has 86 valence electrons. The number of primary sulfonamides is 1. The second-order valence-corrected chi connectivity index (χ2v) is 4.58. The van der Waals surface area contributed by atoms with Gasteiger partial charge in [-0.05, 0) is 6.07 Å². The van der Waals surface area contributed by atoms with E-state index in [1.165, 1.54) is 6.07 Å². The Bertz CT molecular complexity index is 568. The summed E-state index contributed by atoms with van der Waals surface area (Å²) in [4.78, 5) is 3.21. The Morgan fingerprint density at radius 2 is 2.12 bits per heavy atom. The Morgan fingerprint density at radius 3 is 2.50 bits per heavy atom. The van der Waals surface area contributed by atoms with Crippen LogP contribution in [0, 0.1) is 11.3 Å². The van der Waals surface area contributed by atoms with Gasteiger partial charge in [0.15, 0.2) is 10.7 Å². The lowest BCUT2D eigenvalue weighted by molar-refractivity contribution is 0.150. The first-order chi connectivity index (χ1) is 7.27. The largest absolute Gasteiger partial charge is 0.268 e. The molecule has 0 aliphatic heterocycles. The molecule has 0 fully saturated rings. The van der Waals surface area contributed by atoms with Gasteiger partial charge in [0.25, 0.3) is 16.4 Å². The first-order valence-electron chi connectivity index (χ1n) is 3.69. The third-order valence-electron chi connectivity index (χ3n) is 1.60. The molecule has 0 saturated heterocycles. The number of nitrogens with zero attached hydrogens (tertiary/aromatic N) is 2. The van der Waals surface area contributed by atoms with Crippen LogP contribution >= 0.6 is 11.6 Å². The normalized spacial score (nSPS) is 11.5. The van der Waals surface area contributed by atoms with Crippen LogP contribution in [-0.2, 0) is 10.0 Å². The van der Waals surface area contributed by atoms with E-state index in [1.54, 1.807) is 0 Å². The van der Waals surface area contributed by atoms with Crippen molar-refractivity contribution in [2.75, 3.05) is 0 Å². The van der Waals surface area contributed by atoms with Crippen molar-refractivity contribution in [3.05, 3.63) is 22.3 Å². The summed E-state index contributed by atoms with van der Waals surface area (Å²) in [7, 11) is -4.19. The number of pyridine rings is 1. The van der Waals surface area contributed by atoms with Crippen molar-refractivity contribution < 1.29 is 17.2 Å². The zero-order chi connectivity index (χ0) is 12.5. The Kier molecular flexibility index (Phi) is 3.42. The number of hydrogen-bond donors (Lipinski definition) is 1. The van der Waals surface area contributed by atoms with Crippen LogP contribution in [-0.4, -0.2) is 13.4 Å². The maximum Gasteiger partial charge on any atom is 0.268 e. The molecular formula is C7H4ClF2N3O2S. The molecule has 1 aromatic rings. The molecule has 1 rings (SSSR count). The molecule has 9 heteroatoms. The SMILES string of the molecule is N#Cc1nc(S(N)(=O)=O)cc(Cl)c1C(F)F. The molecule has 5 nitrogen and oxygen atoms in total. The molecule has 0 aliphatic carbocycles. The first kappa shape index (κ1) is 12.8. The van der Waals surface area contributed by atoms with Crippen LogP contribution in [0.2, 0.25) is 5.02 Å². The number of rotatable bonds is 2. The molecule has 0 aromatic carbocycles. The van der Waals surface area contributed by atoms with Crippen LogP contribution < -0.4 is 5.14 Å². The number of sulfonamides is 1. The molecule has 0 amide bonds. The highest BCUT2D eigenvalue weighted by Gasteiger charge is 2.22. The van der Waals surface area contributed by atoms with Crippen molar-refractivity contribution in [1.29, 1.82) is 5.26 Å². The highest BCUT2D eigenvalue weighted by molar-refractivity contribution is 7.89. The van der Waals surface area contributed by atoms with Crippen LogP contribution in [0.25, 0.3) is 0 Å². The number of halogens is 3. The first-order valence-corrected chi connectivity index (χ1v) is 5.61. The maximum absolute atomic E-state index is 12.4. The molecule has 0 aliphatic rings. The number of nitrogens with two attached hydrogens (primary N) is 1. The van der Waals surface area contributed by atoms with E-state index in [0.717, 1.165) is 0 Å². The molecule has 2 N–H and O–H groups in total. The standard InChI is InChI=1S/C7H4ClF2N3O2S/c8-3-1-5(16(12,14)15)13-4(2-11)6(3)7(9)10/h1,7H,(H2,12,14,15). The molecule has 1 aromatic heterocycles. The second kappa shape index (κ2) is 4.29. The Hall–Kier alpha value is -1.30. The molecule has 16 heavy (non-hydrogen) atoms. The van der Waals surface area contributed by atoms with Crippen LogP contribution in [0.5, 0.6) is 0 Å². The summed E-state index contributed by atoms with van der Waals surface area (Å²) in [6, 6.07) is 2.01. The molecule has 1 heterocycles. The van der Waals surface area contributed by atoms with Gasteiger partial charge in [0.05, 0.1) is 10.6 Å². The second-order valence-electron chi connectivity index (χ2n) is 2.66. The predicted molar refractivity (Wildman–Crippen MR) is 50.3 cm³/mol. The molecule has 0 saturated carbocycles. The summed E-state index contributed by atoms with van der Waals surface area (Å²) in [5, 5.41) is 12.0. The van der Waals surface area contributed by atoms with Gasteiger partial charge in [-0.25, -0.2) is 27.3 Å². The zero-order valence-corrected chi connectivity index (χ0v) is 9.06. The van der Waals surface area contributed by atoms with Crippen molar-refractivity contribution in [2.24, 2.45) is 5.14 Å². The van der Waals surface area contributed by atoms with Gasteiger partial charge in [0.2, 0.25) is 0 Å². The monoisotopic (exact) mass is 267 g/mol. The molecule has 0 radical (unpaired) electrons. The minimum Gasteiger partial charge on any atom is -0.223 e. The molecule has 0 bridgehead atoms. The van der Waals surface area contributed by atoms with Crippen molar-refractivity contribution in [1.82, 2.24) is 4.98 Å². The van der Waals surface area contributed by atoms with E-state index in [4.69, 9.17) is 22.0 Å². The molecule has 0 spiro atoms. The van der Waals surface area contributed by atoms with Gasteiger partial charge in [-0.1, -0.05) is 11.6 Å². The Labute approximate surface area is 94.5 Å². The maximum atomic E-state index is 12.4. The smallest absolute Gasteiger partial charge is 0.223 e. The number of alkyl halides is 2. The van der Waals surface area contributed by atoms with E-state index >= 15 is 0 Å². The number of aromatic nitrogens is 1. The van der Waals surface area contributed by atoms with Crippen molar-refractivity contribution in [3.8, 4) is 6.07 Å². The summed E-state index contributed by atoms with van der Waals surface area (Å²) in [6.45, 7) is 0.